The van der Waals surface area contributed by atoms with Crippen molar-refractivity contribution >= 4 is 17.3 Å². The first-order chi connectivity index (χ1) is 9.65. The van der Waals surface area contributed by atoms with Gasteiger partial charge in [-0.15, -0.1) is 0 Å². The van der Waals surface area contributed by atoms with Crippen LogP contribution < -0.4 is 16.1 Å². The third-order valence-corrected chi connectivity index (χ3v) is 2.64. The number of hydrogen-bond donors (Lipinski definition) is 3. The molecule has 0 unspecified atom stereocenters. The van der Waals surface area contributed by atoms with Crippen LogP contribution in [0.3, 0.4) is 0 Å². The van der Waals surface area contributed by atoms with Gasteiger partial charge in [-0.1, -0.05) is 30.3 Å². The van der Waals surface area contributed by atoms with E-state index >= 15 is 0 Å². The molecule has 2 aromatic carbocycles. The highest BCUT2D eigenvalue weighted by Gasteiger charge is 2.02. The van der Waals surface area contributed by atoms with E-state index in [1.54, 1.807) is 12.1 Å². The molecular weight excluding hydrogens is 258 g/mol. The number of benzene rings is 2. The summed E-state index contributed by atoms with van der Waals surface area (Å²) in [6.45, 7) is 0. The maximum absolute atomic E-state index is 11.7. The second-order valence-corrected chi connectivity index (χ2v) is 4.16. The Morgan fingerprint density at radius 3 is 2.35 bits per heavy atom. The van der Waals surface area contributed by atoms with Gasteiger partial charge in [-0.2, -0.15) is 0 Å². The quantitative estimate of drug-likeness (QED) is 0.725. The number of nitrogens with zero attached hydrogens (tertiary/aromatic N) is 1. The van der Waals surface area contributed by atoms with Crippen LogP contribution in [-0.4, -0.2) is 11.1 Å². The molecule has 0 aliphatic carbocycles. The number of hydrazine groups is 1. The second-order valence-electron chi connectivity index (χ2n) is 4.16. The monoisotopic (exact) mass is 272 g/mol. The lowest BCUT2D eigenvalue weighted by Crippen LogP contribution is -2.30. The van der Waals surface area contributed by atoms with Crippen LogP contribution in [0, 0.1) is 5.21 Å². The summed E-state index contributed by atoms with van der Waals surface area (Å²) in [4.78, 5) is 11.7. The number of carbonyl (C=O) groups is 1. The first kappa shape index (κ1) is 13.9. The van der Waals surface area contributed by atoms with Crippen molar-refractivity contribution < 1.29 is 10.0 Å². The molecule has 104 valence electrons. The molecule has 2 aromatic rings. The van der Waals surface area contributed by atoms with Gasteiger partial charge in [0.1, 0.15) is 0 Å². The third-order valence-electron chi connectivity index (χ3n) is 2.64. The van der Waals surface area contributed by atoms with Crippen LogP contribution in [0.5, 0.6) is 0 Å². The van der Waals surface area contributed by atoms with Gasteiger partial charge in [-0.25, -0.2) is 0 Å². The van der Waals surface area contributed by atoms with Crippen molar-refractivity contribution in [1.82, 2.24) is 5.43 Å². The van der Waals surface area contributed by atoms with Crippen LogP contribution in [0.2, 0.25) is 0 Å². The molecule has 0 aliphatic rings. The SMILES string of the molecule is O=C(Cc1ccccc1)NNc1ccc(N([O-])O)cc1. The molecule has 0 aliphatic heterocycles. The molecule has 0 fully saturated rings. The normalized spacial score (nSPS) is 9.90. The van der Waals surface area contributed by atoms with Crippen LogP contribution in [0.1, 0.15) is 5.56 Å². The molecule has 6 nitrogen and oxygen atoms in total. The maximum atomic E-state index is 11.7. The van der Waals surface area contributed by atoms with Crippen LogP contribution >= 0.6 is 0 Å². The van der Waals surface area contributed by atoms with E-state index in [1.807, 2.05) is 30.3 Å². The van der Waals surface area contributed by atoms with Crippen molar-refractivity contribution in [2.24, 2.45) is 0 Å². The highest BCUT2D eigenvalue weighted by atomic mass is 16.8. The van der Waals surface area contributed by atoms with Crippen molar-refractivity contribution in [1.29, 1.82) is 0 Å². The predicted molar refractivity (Wildman–Crippen MR) is 76.0 cm³/mol. The summed E-state index contributed by atoms with van der Waals surface area (Å²) in [6.07, 6.45) is 0.275. The molecular formula is C14H14N3O3-. The summed E-state index contributed by atoms with van der Waals surface area (Å²) >= 11 is 0. The van der Waals surface area contributed by atoms with Crippen molar-refractivity contribution in [3.8, 4) is 0 Å². The molecule has 1 amide bonds. The van der Waals surface area contributed by atoms with Gasteiger partial charge in [0.15, 0.2) is 0 Å². The summed E-state index contributed by atoms with van der Waals surface area (Å²) in [5, 5.41) is 19.1. The van der Waals surface area contributed by atoms with Gasteiger partial charge in [0.25, 0.3) is 0 Å². The lowest BCUT2D eigenvalue weighted by molar-refractivity contribution is -0.119. The molecule has 0 saturated heterocycles. The first-order valence-corrected chi connectivity index (χ1v) is 6.00. The van der Waals surface area contributed by atoms with Gasteiger partial charge < -0.3 is 10.4 Å². The Hall–Kier alpha value is -2.57. The summed E-state index contributed by atoms with van der Waals surface area (Å²) < 4.78 is 0. The fourth-order valence-corrected chi connectivity index (χ4v) is 1.64. The largest absolute Gasteiger partial charge is 0.733 e. The zero-order valence-electron chi connectivity index (χ0n) is 10.6. The van der Waals surface area contributed by atoms with E-state index in [4.69, 9.17) is 5.21 Å². The maximum Gasteiger partial charge on any atom is 0.242 e. The fraction of sp³-hybridized carbons (Fsp3) is 0.0714. The molecule has 6 heteroatoms. The standard InChI is InChI=1S/C14H14N3O3/c18-14(10-11-4-2-1-3-5-11)16-15-12-6-8-13(9-7-12)17(19)20/h1-9,15,19H,10H2,(H,16,18)/q-1. The Morgan fingerprint density at radius 1 is 1.10 bits per heavy atom. The van der Waals surface area contributed by atoms with E-state index in [0.29, 0.717) is 5.69 Å². The van der Waals surface area contributed by atoms with Crippen molar-refractivity contribution in [2.75, 3.05) is 10.7 Å². The van der Waals surface area contributed by atoms with Crippen LogP contribution in [0.4, 0.5) is 11.4 Å². The fourth-order valence-electron chi connectivity index (χ4n) is 1.64. The highest BCUT2D eigenvalue weighted by Crippen LogP contribution is 2.15. The molecule has 0 heterocycles. The van der Waals surface area contributed by atoms with E-state index in [2.05, 4.69) is 10.9 Å². The van der Waals surface area contributed by atoms with Gasteiger partial charge in [-0.3, -0.25) is 20.9 Å². The minimum Gasteiger partial charge on any atom is -0.733 e. The molecule has 0 spiro atoms. The topological polar surface area (TPSA) is 87.7 Å². The Morgan fingerprint density at radius 2 is 1.75 bits per heavy atom. The number of amides is 1. The van der Waals surface area contributed by atoms with Crippen LogP contribution in [-0.2, 0) is 11.2 Å². The zero-order chi connectivity index (χ0) is 14.4. The van der Waals surface area contributed by atoms with Gasteiger partial charge in [0, 0.05) is 0 Å². The van der Waals surface area contributed by atoms with Crippen LogP contribution in [0.25, 0.3) is 0 Å². The van der Waals surface area contributed by atoms with Gasteiger partial charge >= 0.3 is 0 Å². The molecule has 2 rings (SSSR count). The second kappa shape index (κ2) is 6.55. The summed E-state index contributed by atoms with van der Waals surface area (Å²) in [5.41, 5.74) is 6.93. The number of carbonyl (C=O) groups excluding carboxylic acids is 1. The minimum atomic E-state index is -0.224. The summed E-state index contributed by atoms with van der Waals surface area (Å²) in [7, 11) is 0. The zero-order valence-corrected chi connectivity index (χ0v) is 10.6. The minimum absolute atomic E-state index is 0.117. The molecule has 0 bridgehead atoms. The van der Waals surface area contributed by atoms with Crippen molar-refractivity contribution in [3.63, 3.8) is 0 Å². The van der Waals surface area contributed by atoms with Crippen molar-refractivity contribution in [2.45, 2.75) is 6.42 Å². The first-order valence-electron chi connectivity index (χ1n) is 6.00. The van der Waals surface area contributed by atoms with Crippen LogP contribution in [0.15, 0.2) is 54.6 Å². The lowest BCUT2D eigenvalue weighted by atomic mass is 10.1. The molecule has 0 radical (unpaired) electrons. The number of rotatable bonds is 5. The Labute approximate surface area is 116 Å². The van der Waals surface area contributed by atoms with E-state index < -0.39 is 0 Å². The van der Waals surface area contributed by atoms with Gasteiger partial charge in [0.05, 0.1) is 17.8 Å². The molecule has 20 heavy (non-hydrogen) atoms. The molecule has 0 aromatic heterocycles. The average Bonchev–Trinajstić information content (AvgIpc) is 2.46. The molecule has 0 saturated carbocycles. The molecule has 0 atom stereocenters. The summed E-state index contributed by atoms with van der Waals surface area (Å²) in [5.74, 6) is -0.173. The Bertz CT molecular complexity index is 556. The van der Waals surface area contributed by atoms with E-state index in [0.717, 1.165) is 5.56 Å². The molecule has 3 N–H and O–H groups in total. The smallest absolute Gasteiger partial charge is 0.242 e. The Kier molecular flexibility index (Phi) is 4.54. The highest BCUT2D eigenvalue weighted by molar-refractivity contribution is 5.79. The number of hydrogen-bond acceptors (Lipinski definition) is 5. The number of nitrogens with one attached hydrogen (secondary N) is 2. The summed E-state index contributed by atoms with van der Waals surface area (Å²) in [6, 6.07) is 15.4. The van der Waals surface area contributed by atoms with Gasteiger partial charge in [-0.05, 0) is 29.8 Å². The Balaban J connectivity index is 1.84. The average molecular weight is 272 g/mol. The number of anilines is 2. The predicted octanol–water partition coefficient (Wildman–Crippen LogP) is 2.07. The van der Waals surface area contributed by atoms with E-state index in [1.165, 1.54) is 12.1 Å². The lowest BCUT2D eigenvalue weighted by Gasteiger charge is -2.21. The third kappa shape index (κ3) is 3.98. The van der Waals surface area contributed by atoms with Crippen molar-refractivity contribution in [3.05, 3.63) is 65.4 Å². The van der Waals surface area contributed by atoms with Gasteiger partial charge in [0.2, 0.25) is 5.91 Å². The van der Waals surface area contributed by atoms with E-state index in [-0.39, 0.29) is 23.2 Å². The van der Waals surface area contributed by atoms with E-state index in [9.17, 15) is 10.0 Å².